The lowest BCUT2D eigenvalue weighted by Gasteiger charge is -2.32. The van der Waals surface area contributed by atoms with Crippen LogP contribution in [0.4, 0.5) is 11.4 Å². The smallest absolute Gasteiger partial charge is 0.293 e. The van der Waals surface area contributed by atoms with Crippen LogP contribution in [0.25, 0.3) is 0 Å². The molecule has 1 fully saturated rings. The minimum Gasteiger partial charge on any atom is -0.366 e. The maximum atomic E-state index is 11.2. The lowest BCUT2D eigenvalue weighted by molar-refractivity contribution is -0.384. The SMILES string of the molecule is C[C@@H]1CCCN(c2cc(C#N)c(C#N)cc2[N+](=O)[O-])C1. The molecule has 0 amide bonds. The largest absolute Gasteiger partial charge is 0.366 e. The summed E-state index contributed by atoms with van der Waals surface area (Å²) < 4.78 is 0. The first kappa shape index (κ1) is 13.8. The fourth-order valence-electron chi connectivity index (χ4n) is 2.57. The van der Waals surface area contributed by atoms with Gasteiger partial charge in [0.05, 0.1) is 16.1 Å². The second kappa shape index (κ2) is 5.58. The van der Waals surface area contributed by atoms with E-state index in [1.54, 1.807) is 0 Å². The number of benzene rings is 1. The number of hydrogen-bond donors (Lipinski definition) is 0. The molecule has 102 valence electrons. The molecule has 0 saturated carbocycles. The van der Waals surface area contributed by atoms with Gasteiger partial charge in [0.25, 0.3) is 5.69 Å². The van der Waals surface area contributed by atoms with Gasteiger partial charge in [0, 0.05) is 19.2 Å². The summed E-state index contributed by atoms with van der Waals surface area (Å²) in [6, 6.07) is 6.44. The average molecular weight is 270 g/mol. The highest BCUT2D eigenvalue weighted by Crippen LogP contribution is 2.33. The second-order valence-electron chi connectivity index (χ2n) is 5.06. The molecule has 0 N–H and O–H groups in total. The Morgan fingerprint density at radius 2 is 2.00 bits per heavy atom. The van der Waals surface area contributed by atoms with Crippen LogP contribution in [-0.2, 0) is 0 Å². The predicted octanol–water partition coefficient (Wildman–Crippen LogP) is 2.57. The molecule has 1 heterocycles. The molecule has 1 aliphatic rings. The Morgan fingerprint density at radius 1 is 1.35 bits per heavy atom. The fourth-order valence-corrected chi connectivity index (χ4v) is 2.57. The van der Waals surface area contributed by atoms with Crippen LogP contribution < -0.4 is 4.90 Å². The Balaban J connectivity index is 2.53. The van der Waals surface area contributed by atoms with Gasteiger partial charge in [0.15, 0.2) is 0 Å². The quantitative estimate of drug-likeness (QED) is 0.608. The number of rotatable bonds is 2. The van der Waals surface area contributed by atoms with Gasteiger partial charge < -0.3 is 4.90 Å². The lowest BCUT2D eigenvalue weighted by Crippen LogP contribution is -2.34. The second-order valence-corrected chi connectivity index (χ2v) is 5.06. The first-order valence-corrected chi connectivity index (χ1v) is 6.44. The van der Waals surface area contributed by atoms with Gasteiger partial charge in [0.2, 0.25) is 0 Å². The Kier molecular flexibility index (Phi) is 3.86. The van der Waals surface area contributed by atoms with E-state index in [0.717, 1.165) is 25.9 Å². The minimum absolute atomic E-state index is 0.0491. The molecule has 0 aromatic heterocycles. The third-order valence-electron chi connectivity index (χ3n) is 3.55. The average Bonchev–Trinajstić information content (AvgIpc) is 2.45. The summed E-state index contributed by atoms with van der Waals surface area (Å²) in [6.07, 6.45) is 2.08. The van der Waals surface area contributed by atoms with Crippen LogP contribution in [0.1, 0.15) is 30.9 Å². The minimum atomic E-state index is -0.489. The van der Waals surface area contributed by atoms with Crippen molar-refractivity contribution in [1.29, 1.82) is 10.5 Å². The van der Waals surface area contributed by atoms with Crippen molar-refractivity contribution in [2.45, 2.75) is 19.8 Å². The van der Waals surface area contributed by atoms with Gasteiger partial charge in [-0.2, -0.15) is 10.5 Å². The molecular formula is C14H14N4O2. The van der Waals surface area contributed by atoms with Gasteiger partial charge in [0.1, 0.15) is 17.8 Å². The normalized spacial score (nSPS) is 18.1. The highest BCUT2D eigenvalue weighted by Gasteiger charge is 2.25. The van der Waals surface area contributed by atoms with E-state index in [4.69, 9.17) is 10.5 Å². The zero-order valence-corrected chi connectivity index (χ0v) is 11.2. The van der Waals surface area contributed by atoms with Crippen molar-refractivity contribution in [3.63, 3.8) is 0 Å². The van der Waals surface area contributed by atoms with Crippen molar-refractivity contribution >= 4 is 11.4 Å². The van der Waals surface area contributed by atoms with Crippen LogP contribution in [0, 0.1) is 38.7 Å². The molecule has 0 bridgehead atoms. The fraction of sp³-hybridized carbons (Fsp3) is 0.429. The van der Waals surface area contributed by atoms with Gasteiger partial charge in [-0.15, -0.1) is 0 Å². The van der Waals surface area contributed by atoms with Crippen LogP contribution in [0.5, 0.6) is 0 Å². The third-order valence-corrected chi connectivity index (χ3v) is 3.55. The summed E-state index contributed by atoms with van der Waals surface area (Å²) in [5.74, 6) is 0.463. The number of nitriles is 2. The van der Waals surface area contributed by atoms with E-state index in [1.165, 1.54) is 12.1 Å². The van der Waals surface area contributed by atoms with Crippen molar-refractivity contribution in [3.05, 3.63) is 33.4 Å². The van der Waals surface area contributed by atoms with Crippen molar-refractivity contribution in [2.75, 3.05) is 18.0 Å². The van der Waals surface area contributed by atoms with Crippen molar-refractivity contribution in [2.24, 2.45) is 5.92 Å². The zero-order valence-electron chi connectivity index (χ0n) is 11.2. The summed E-state index contributed by atoms with van der Waals surface area (Å²) >= 11 is 0. The third kappa shape index (κ3) is 2.55. The highest BCUT2D eigenvalue weighted by atomic mass is 16.6. The highest BCUT2D eigenvalue weighted by molar-refractivity contribution is 5.70. The molecule has 0 aliphatic carbocycles. The molecule has 1 saturated heterocycles. The van der Waals surface area contributed by atoms with Crippen molar-refractivity contribution in [3.8, 4) is 12.1 Å². The molecule has 1 aromatic rings. The number of piperidine rings is 1. The van der Waals surface area contributed by atoms with Gasteiger partial charge in [-0.05, 0) is 24.8 Å². The van der Waals surface area contributed by atoms with Crippen LogP contribution in [-0.4, -0.2) is 18.0 Å². The number of anilines is 1. The van der Waals surface area contributed by atoms with Crippen LogP contribution in [0.2, 0.25) is 0 Å². The number of hydrogen-bond acceptors (Lipinski definition) is 5. The Labute approximate surface area is 117 Å². The predicted molar refractivity (Wildman–Crippen MR) is 73.1 cm³/mol. The van der Waals surface area contributed by atoms with E-state index < -0.39 is 4.92 Å². The molecule has 0 unspecified atom stereocenters. The van der Waals surface area contributed by atoms with Crippen LogP contribution >= 0.6 is 0 Å². The molecule has 2 rings (SSSR count). The van der Waals surface area contributed by atoms with Gasteiger partial charge in [-0.3, -0.25) is 10.1 Å². The summed E-state index contributed by atoms with van der Waals surface area (Å²) in [4.78, 5) is 12.6. The van der Waals surface area contributed by atoms with E-state index >= 15 is 0 Å². The summed E-state index contributed by atoms with van der Waals surface area (Å²) in [5.41, 5.74) is 0.575. The monoisotopic (exact) mass is 270 g/mol. The topological polar surface area (TPSA) is 94.0 Å². The zero-order chi connectivity index (χ0) is 14.7. The Bertz CT molecular complexity index is 627. The first-order chi connectivity index (χ1) is 9.56. The van der Waals surface area contributed by atoms with E-state index in [9.17, 15) is 10.1 Å². The maximum absolute atomic E-state index is 11.2. The molecule has 1 atom stereocenters. The molecule has 1 aromatic carbocycles. The molecule has 1 aliphatic heterocycles. The molecule has 6 heteroatoms. The van der Waals surface area contributed by atoms with Crippen LogP contribution in [0.15, 0.2) is 12.1 Å². The first-order valence-electron chi connectivity index (χ1n) is 6.44. The van der Waals surface area contributed by atoms with E-state index in [0.29, 0.717) is 11.6 Å². The van der Waals surface area contributed by atoms with Crippen molar-refractivity contribution < 1.29 is 4.92 Å². The number of nitro groups is 1. The van der Waals surface area contributed by atoms with Crippen molar-refractivity contribution in [1.82, 2.24) is 0 Å². The number of nitrogens with zero attached hydrogens (tertiary/aromatic N) is 4. The van der Waals surface area contributed by atoms with Gasteiger partial charge in [-0.1, -0.05) is 6.92 Å². The summed E-state index contributed by atoms with van der Waals surface area (Å²) in [7, 11) is 0. The molecule has 20 heavy (non-hydrogen) atoms. The standard InChI is InChI=1S/C14H14N4O2/c1-10-3-2-4-17(9-10)13-5-11(7-15)12(8-16)6-14(13)18(19)20/h5-6,10H,2-4,9H2,1H3/t10-/m1/s1. The Hall–Kier alpha value is -2.60. The maximum Gasteiger partial charge on any atom is 0.293 e. The van der Waals surface area contributed by atoms with Gasteiger partial charge >= 0.3 is 0 Å². The van der Waals surface area contributed by atoms with Gasteiger partial charge in [-0.25, -0.2) is 0 Å². The van der Waals surface area contributed by atoms with E-state index in [2.05, 4.69) is 6.92 Å². The molecular weight excluding hydrogens is 256 g/mol. The number of nitro benzene ring substituents is 1. The Morgan fingerprint density at radius 3 is 2.55 bits per heavy atom. The summed E-state index contributed by atoms with van der Waals surface area (Å²) in [5, 5.41) is 29.2. The van der Waals surface area contributed by atoms with E-state index in [-0.39, 0.29) is 16.8 Å². The van der Waals surface area contributed by atoms with E-state index in [1.807, 2.05) is 17.0 Å². The lowest BCUT2D eigenvalue weighted by atomic mass is 9.98. The van der Waals surface area contributed by atoms with Crippen LogP contribution in [0.3, 0.4) is 0 Å². The molecule has 6 nitrogen and oxygen atoms in total. The summed E-state index contributed by atoms with van der Waals surface area (Å²) in [6.45, 7) is 3.58. The molecule has 0 radical (unpaired) electrons. The molecule has 0 spiro atoms.